The van der Waals surface area contributed by atoms with Crippen LogP contribution in [0, 0.1) is 12.8 Å². The van der Waals surface area contributed by atoms with Crippen molar-refractivity contribution >= 4 is 17.3 Å². The Morgan fingerprint density at radius 3 is 2.45 bits per heavy atom. The number of aryl methyl sites for hydroxylation is 1. The lowest BCUT2D eigenvalue weighted by Crippen LogP contribution is -2.40. The van der Waals surface area contributed by atoms with Gasteiger partial charge in [-0.25, -0.2) is 0 Å². The number of hydrogen-bond acceptors (Lipinski definition) is 3. The second-order valence-corrected chi connectivity index (χ2v) is 6.06. The zero-order chi connectivity index (χ0) is 15.3. The van der Waals surface area contributed by atoms with Crippen LogP contribution in [0.3, 0.4) is 0 Å². The van der Waals surface area contributed by atoms with Crippen LogP contribution in [-0.2, 0) is 4.79 Å². The van der Waals surface area contributed by atoms with E-state index in [1.54, 1.807) is 0 Å². The summed E-state index contributed by atoms with van der Waals surface area (Å²) in [7, 11) is 0. The smallest absolute Gasteiger partial charge is 0.238 e. The third-order valence-corrected chi connectivity index (χ3v) is 3.16. The fourth-order valence-corrected chi connectivity index (χ4v) is 2.10. The minimum atomic E-state index is -0.0186. The second-order valence-electron chi connectivity index (χ2n) is 6.06. The van der Waals surface area contributed by atoms with Crippen LogP contribution in [0.5, 0.6) is 0 Å². The van der Waals surface area contributed by atoms with E-state index in [1.807, 2.05) is 25.1 Å². The Morgan fingerprint density at radius 1 is 1.30 bits per heavy atom. The first-order chi connectivity index (χ1) is 9.29. The van der Waals surface area contributed by atoms with Crippen LogP contribution in [0.1, 0.15) is 33.3 Å². The first-order valence-corrected chi connectivity index (χ1v) is 7.19. The number of benzene rings is 1. The lowest BCUT2D eigenvalue weighted by atomic mass is 10.1. The van der Waals surface area contributed by atoms with Crippen molar-refractivity contribution in [3.8, 4) is 0 Å². The largest absolute Gasteiger partial charge is 0.397 e. The van der Waals surface area contributed by atoms with Gasteiger partial charge in [-0.3, -0.25) is 9.69 Å². The molecule has 0 fully saturated rings. The first-order valence-electron chi connectivity index (χ1n) is 7.19. The minimum Gasteiger partial charge on any atom is -0.397 e. The molecule has 1 aromatic carbocycles. The molecule has 0 aliphatic carbocycles. The third-order valence-electron chi connectivity index (χ3n) is 3.16. The van der Waals surface area contributed by atoms with Gasteiger partial charge < -0.3 is 11.1 Å². The van der Waals surface area contributed by atoms with Crippen molar-refractivity contribution in [3.05, 3.63) is 23.8 Å². The van der Waals surface area contributed by atoms with Crippen molar-refractivity contribution < 1.29 is 4.79 Å². The first kappa shape index (κ1) is 16.5. The number of nitrogens with two attached hydrogens (primary N) is 1. The van der Waals surface area contributed by atoms with Gasteiger partial charge in [-0.15, -0.1) is 0 Å². The standard InChI is InChI=1S/C16H27N3O/c1-11(2)9-19(12(3)4)10-16(20)18-15-7-6-13(5)8-14(15)17/h6-8,11-12H,9-10,17H2,1-5H3,(H,18,20). The molecule has 1 rings (SSSR count). The van der Waals surface area contributed by atoms with E-state index in [-0.39, 0.29) is 5.91 Å². The molecule has 112 valence electrons. The Hall–Kier alpha value is -1.55. The molecular formula is C16H27N3O. The number of nitrogens with zero attached hydrogens (tertiary/aromatic N) is 1. The summed E-state index contributed by atoms with van der Waals surface area (Å²) in [6, 6.07) is 6.01. The summed E-state index contributed by atoms with van der Waals surface area (Å²) in [6.07, 6.45) is 0. The number of nitrogen functional groups attached to an aromatic ring is 1. The quantitative estimate of drug-likeness (QED) is 0.786. The molecule has 0 heterocycles. The molecule has 0 radical (unpaired) electrons. The van der Waals surface area contributed by atoms with Gasteiger partial charge >= 0.3 is 0 Å². The molecule has 0 aliphatic rings. The SMILES string of the molecule is Cc1ccc(NC(=O)CN(CC(C)C)C(C)C)c(N)c1. The summed E-state index contributed by atoms with van der Waals surface area (Å²) in [4.78, 5) is 14.3. The molecule has 20 heavy (non-hydrogen) atoms. The average Bonchev–Trinajstić information content (AvgIpc) is 2.31. The van der Waals surface area contributed by atoms with Gasteiger partial charge in [0.25, 0.3) is 0 Å². The summed E-state index contributed by atoms with van der Waals surface area (Å²) in [5.74, 6) is 0.518. The molecule has 0 bridgehead atoms. The Bertz CT molecular complexity index is 455. The van der Waals surface area contributed by atoms with Crippen LogP contribution < -0.4 is 11.1 Å². The molecule has 0 unspecified atom stereocenters. The summed E-state index contributed by atoms with van der Waals surface area (Å²) >= 11 is 0. The van der Waals surface area contributed by atoms with Crippen LogP contribution >= 0.6 is 0 Å². The predicted molar refractivity (Wildman–Crippen MR) is 85.8 cm³/mol. The highest BCUT2D eigenvalue weighted by Crippen LogP contribution is 2.19. The number of nitrogens with one attached hydrogen (secondary N) is 1. The maximum Gasteiger partial charge on any atom is 0.238 e. The van der Waals surface area contributed by atoms with Gasteiger partial charge in [0.1, 0.15) is 0 Å². The van der Waals surface area contributed by atoms with Gasteiger partial charge in [-0.1, -0.05) is 19.9 Å². The molecule has 0 aromatic heterocycles. The highest BCUT2D eigenvalue weighted by Gasteiger charge is 2.15. The van der Waals surface area contributed by atoms with E-state index in [1.165, 1.54) is 0 Å². The van der Waals surface area contributed by atoms with Gasteiger partial charge in [0.05, 0.1) is 17.9 Å². The van der Waals surface area contributed by atoms with Crippen molar-refractivity contribution in [1.29, 1.82) is 0 Å². The molecule has 1 amide bonds. The van der Waals surface area contributed by atoms with Crippen LogP contribution in [0.2, 0.25) is 0 Å². The van der Waals surface area contributed by atoms with Crippen molar-refractivity contribution in [2.45, 2.75) is 40.7 Å². The van der Waals surface area contributed by atoms with Gasteiger partial charge in [-0.2, -0.15) is 0 Å². The number of amides is 1. The lowest BCUT2D eigenvalue weighted by Gasteiger charge is -2.27. The molecule has 0 saturated heterocycles. The zero-order valence-electron chi connectivity index (χ0n) is 13.2. The van der Waals surface area contributed by atoms with Gasteiger partial charge in [0.15, 0.2) is 0 Å². The fourth-order valence-electron chi connectivity index (χ4n) is 2.10. The number of hydrogen-bond donors (Lipinski definition) is 2. The molecule has 0 atom stereocenters. The number of anilines is 2. The third kappa shape index (κ3) is 5.21. The topological polar surface area (TPSA) is 58.4 Å². The van der Waals surface area contributed by atoms with E-state index >= 15 is 0 Å². The van der Waals surface area contributed by atoms with Gasteiger partial charge in [0.2, 0.25) is 5.91 Å². The highest BCUT2D eigenvalue weighted by molar-refractivity contribution is 5.95. The van der Waals surface area contributed by atoms with E-state index in [0.29, 0.717) is 29.9 Å². The maximum absolute atomic E-state index is 12.1. The molecule has 3 N–H and O–H groups in total. The lowest BCUT2D eigenvalue weighted by molar-refractivity contribution is -0.117. The number of carbonyl (C=O) groups excluding carboxylic acids is 1. The Kier molecular flexibility index (Phi) is 6.02. The van der Waals surface area contributed by atoms with Crippen molar-refractivity contribution in [2.75, 3.05) is 24.1 Å². The van der Waals surface area contributed by atoms with E-state index in [9.17, 15) is 4.79 Å². The highest BCUT2D eigenvalue weighted by atomic mass is 16.2. The summed E-state index contributed by atoms with van der Waals surface area (Å²) < 4.78 is 0. The normalized spacial score (nSPS) is 11.4. The molecule has 0 saturated carbocycles. The molecular weight excluding hydrogens is 250 g/mol. The molecule has 0 spiro atoms. The van der Waals surface area contributed by atoms with Gasteiger partial charge in [0, 0.05) is 12.6 Å². The Balaban J connectivity index is 2.65. The summed E-state index contributed by atoms with van der Waals surface area (Å²) in [6.45, 7) is 11.8. The van der Waals surface area contributed by atoms with Crippen LogP contribution in [0.15, 0.2) is 18.2 Å². The molecule has 0 aliphatic heterocycles. The van der Waals surface area contributed by atoms with Crippen LogP contribution in [0.4, 0.5) is 11.4 Å². The van der Waals surface area contributed by atoms with Gasteiger partial charge in [-0.05, 0) is 44.4 Å². The summed E-state index contributed by atoms with van der Waals surface area (Å²) in [5, 5.41) is 2.89. The van der Waals surface area contributed by atoms with E-state index in [4.69, 9.17) is 5.73 Å². The molecule has 1 aromatic rings. The zero-order valence-corrected chi connectivity index (χ0v) is 13.2. The molecule has 4 nitrogen and oxygen atoms in total. The van der Waals surface area contributed by atoms with E-state index < -0.39 is 0 Å². The number of rotatable bonds is 6. The Morgan fingerprint density at radius 2 is 1.95 bits per heavy atom. The fraction of sp³-hybridized carbons (Fsp3) is 0.562. The Labute approximate surface area is 122 Å². The number of carbonyl (C=O) groups is 1. The maximum atomic E-state index is 12.1. The van der Waals surface area contributed by atoms with Crippen molar-refractivity contribution in [3.63, 3.8) is 0 Å². The predicted octanol–water partition coefficient (Wildman–Crippen LogP) is 2.88. The summed E-state index contributed by atoms with van der Waals surface area (Å²) in [5.41, 5.74) is 8.30. The van der Waals surface area contributed by atoms with Crippen LogP contribution in [0.25, 0.3) is 0 Å². The molecule has 4 heteroatoms. The van der Waals surface area contributed by atoms with E-state index in [2.05, 4.69) is 37.9 Å². The van der Waals surface area contributed by atoms with Crippen molar-refractivity contribution in [1.82, 2.24) is 4.90 Å². The van der Waals surface area contributed by atoms with Crippen molar-refractivity contribution in [2.24, 2.45) is 5.92 Å². The minimum absolute atomic E-state index is 0.0186. The average molecular weight is 277 g/mol. The monoisotopic (exact) mass is 277 g/mol. The van der Waals surface area contributed by atoms with E-state index in [0.717, 1.165) is 12.1 Å². The second kappa shape index (κ2) is 7.29. The van der Waals surface area contributed by atoms with Crippen LogP contribution in [-0.4, -0.2) is 29.9 Å².